The fraction of sp³-hybridized carbons (Fsp3) is 0.714. The van der Waals surface area contributed by atoms with Crippen LogP contribution < -0.4 is 5.48 Å². The number of allylic oxidation sites excluding steroid dienone is 2. The minimum absolute atomic E-state index is 0.745. The third kappa shape index (κ3) is 5.85. The second kappa shape index (κ2) is 6.83. The van der Waals surface area contributed by atoms with Crippen LogP contribution in [0.2, 0.25) is 0 Å². The molecule has 0 rings (SSSR count). The summed E-state index contributed by atoms with van der Waals surface area (Å²) in [6.45, 7) is 4.22. The summed E-state index contributed by atoms with van der Waals surface area (Å²) >= 11 is 0. The molecule has 0 atom stereocenters. The Morgan fingerprint density at radius 1 is 1.70 bits per heavy atom. The van der Waals surface area contributed by atoms with Gasteiger partial charge in [-0.05, 0) is 13.3 Å². The van der Waals surface area contributed by atoms with Gasteiger partial charge in [-0.2, -0.15) is 0 Å². The van der Waals surface area contributed by atoms with Gasteiger partial charge >= 0.3 is 0 Å². The highest BCUT2D eigenvalue weighted by Crippen LogP contribution is 1.97. The van der Waals surface area contributed by atoms with Crippen LogP contribution in [0.3, 0.4) is 0 Å². The van der Waals surface area contributed by atoms with Gasteiger partial charge in [0.1, 0.15) is 0 Å². The smallest absolute Gasteiger partial charge is 0.183 e. The fourth-order valence-electron chi connectivity index (χ4n) is 0.725. The summed E-state index contributed by atoms with van der Waals surface area (Å²) in [6, 6.07) is 0. The van der Waals surface area contributed by atoms with Gasteiger partial charge in [0.25, 0.3) is 0 Å². The number of hydroxylamine groups is 1. The largest absolute Gasteiger partial charge is 0.334 e. The molecular formula is C7H17NOSi. The molecule has 0 aromatic heterocycles. The molecule has 2 nitrogen and oxygen atoms in total. The predicted molar refractivity (Wildman–Crippen MR) is 47.4 cm³/mol. The van der Waals surface area contributed by atoms with Crippen molar-refractivity contribution >= 4 is 10.5 Å². The van der Waals surface area contributed by atoms with Gasteiger partial charge in [0.15, 0.2) is 10.5 Å². The highest BCUT2D eigenvalue weighted by molar-refractivity contribution is 5.97. The molecule has 0 bridgehead atoms. The van der Waals surface area contributed by atoms with Gasteiger partial charge in [0.2, 0.25) is 0 Å². The van der Waals surface area contributed by atoms with E-state index in [0.717, 1.165) is 22.6 Å². The van der Waals surface area contributed by atoms with Crippen LogP contribution in [0.4, 0.5) is 0 Å². The molecule has 0 spiro atoms. The highest BCUT2D eigenvalue weighted by Gasteiger charge is 1.83. The van der Waals surface area contributed by atoms with E-state index in [0.29, 0.717) is 0 Å². The first kappa shape index (κ1) is 9.72. The van der Waals surface area contributed by atoms with Crippen molar-refractivity contribution in [3.8, 4) is 0 Å². The van der Waals surface area contributed by atoms with Crippen molar-refractivity contribution < 1.29 is 4.53 Å². The number of hydrogen-bond donors (Lipinski definition) is 1. The van der Waals surface area contributed by atoms with E-state index >= 15 is 0 Å². The molecule has 0 fully saturated rings. The number of nitrogens with one attached hydrogen (secondary N) is 1. The van der Waals surface area contributed by atoms with E-state index in [1.807, 2.05) is 6.92 Å². The maximum absolute atomic E-state index is 4.85. The number of rotatable bonds is 5. The lowest BCUT2D eigenvalue weighted by atomic mass is 10.2. The highest BCUT2D eigenvalue weighted by atomic mass is 28.2. The zero-order chi connectivity index (χ0) is 7.82. The van der Waals surface area contributed by atoms with Gasteiger partial charge in [0, 0.05) is 5.70 Å². The Balaban J connectivity index is 3.28. The quantitative estimate of drug-likeness (QED) is 0.365. The SMILES string of the molecule is CCCCC=C(C)NO[SiH3]. The molecule has 60 valence electrons. The summed E-state index contributed by atoms with van der Waals surface area (Å²) in [6.07, 6.45) is 5.84. The van der Waals surface area contributed by atoms with Crippen molar-refractivity contribution in [1.29, 1.82) is 0 Å². The van der Waals surface area contributed by atoms with E-state index in [1.165, 1.54) is 12.8 Å². The molecule has 0 heterocycles. The fourth-order valence-corrected chi connectivity index (χ4v) is 1.05. The molecule has 0 aliphatic carbocycles. The lowest BCUT2D eigenvalue weighted by Gasteiger charge is -2.01. The summed E-state index contributed by atoms with van der Waals surface area (Å²) in [7, 11) is 0.745. The maximum atomic E-state index is 4.85. The first-order valence-corrected chi connectivity index (χ1v) is 4.58. The third-order valence-corrected chi connectivity index (χ3v) is 1.48. The Kier molecular flexibility index (Phi) is 6.64. The monoisotopic (exact) mass is 159 g/mol. The summed E-state index contributed by atoms with van der Waals surface area (Å²) in [5.41, 5.74) is 3.96. The summed E-state index contributed by atoms with van der Waals surface area (Å²) in [5.74, 6) is 0. The van der Waals surface area contributed by atoms with Crippen LogP contribution in [0.25, 0.3) is 0 Å². The molecule has 0 aromatic carbocycles. The van der Waals surface area contributed by atoms with Crippen LogP contribution in [-0.2, 0) is 4.53 Å². The Morgan fingerprint density at radius 3 is 2.90 bits per heavy atom. The summed E-state index contributed by atoms with van der Waals surface area (Å²) < 4.78 is 4.85. The van der Waals surface area contributed by atoms with Crippen LogP contribution in [0.15, 0.2) is 11.8 Å². The van der Waals surface area contributed by atoms with E-state index in [1.54, 1.807) is 0 Å². The number of unbranched alkanes of at least 4 members (excludes halogenated alkanes) is 2. The van der Waals surface area contributed by atoms with Gasteiger partial charge in [-0.1, -0.05) is 25.8 Å². The lowest BCUT2D eigenvalue weighted by Crippen LogP contribution is -2.08. The van der Waals surface area contributed by atoms with E-state index in [9.17, 15) is 0 Å². The molecule has 0 aromatic rings. The topological polar surface area (TPSA) is 21.3 Å². The lowest BCUT2D eigenvalue weighted by molar-refractivity contribution is 0.254. The average molecular weight is 159 g/mol. The van der Waals surface area contributed by atoms with Crippen molar-refractivity contribution in [1.82, 2.24) is 5.48 Å². The molecule has 0 saturated heterocycles. The van der Waals surface area contributed by atoms with Gasteiger partial charge in [0.05, 0.1) is 0 Å². The van der Waals surface area contributed by atoms with E-state index < -0.39 is 0 Å². The normalized spacial score (nSPS) is 12.0. The first-order chi connectivity index (χ1) is 4.81. The van der Waals surface area contributed by atoms with Crippen molar-refractivity contribution in [2.75, 3.05) is 0 Å². The zero-order valence-corrected chi connectivity index (χ0v) is 9.11. The van der Waals surface area contributed by atoms with Gasteiger partial charge in [-0.15, -0.1) is 0 Å². The van der Waals surface area contributed by atoms with Crippen LogP contribution in [0.5, 0.6) is 0 Å². The predicted octanol–water partition coefficient (Wildman–Crippen LogP) is 0.882. The van der Waals surface area contributed by atoms with Crippen LogP contribution >= 0.6 is 0 Å². The first-order valence-electron chi connectivity index (χ1n) is 3.77. The second-order valence-electron chi connectivity index (χ2n) is 2.34. The Labute approximate surface area is 66.2 Å². The Bertz CT molecular complexity index is 104. The standard InChI is InChI=1S/C7H17NOSi/c1-3-4-5-6-7(2)8-9-10/h6,8H,3-5H2,1-2,10H3. The van der Waals surface area contributed by atoms with E-state index in [2.05, 4.69) is 18.5 Å². The van der Waals surface area contributed by atoms with Crippen LogP contribution in [0, 0.1) is 0 Å². The van der Waals surface area contributed by atoms with Gasteiger partial charge < -0.3 is 4.53 Å². The van der Waals surface area contributed by atoms with Gasteiger partial charge in [-0.3, -0.25) is 5.48 Å². The van der Waals surface area contributed by atoms with Crippen LogP contribution in [-0.4, -0.2) is 10.5 Å². The van der Waals surface area contributed by atoms with Crippen molar-refractivity contribution in [3.05, 3.63) is 11.8 Å². The molecule has 0 aliphatic rings. The molecule has 0 amide bonds. The molecule has 0 radical (unpaired) electrons. The molecular weight excluding hydrogens is 142 g/mol. The van der Waals surface area contributed by atoms with E-state index in [-0.39, 0.29) is 0 Å². The van der Waals surface area contributed by atoms with Crippen molar-refractivity contribution in [2.45, 2.75) is 33.1 Å². The Morgan fingerprint density at radius 2 is 2.40 bits per heavy atom. The molecule has 0 saturated carbocycles. The molecule has 0 aliphatic heterocycles. The summed E-state index contributed by atoms with van der Waals surface area (Å²) in [4.78, 5) is 0. The average Bonchev–Trinajstić information content (AvgIpc) is 1.89. The van der Waals surface area contributed by atoms with Crippen molar-refractivity contribution in [2.24, 2.45) is 0 Å². The van der Waals surface area contributed by atoms with Crippen LogP contribution in [0.1, 0.15) is 33.1 Å². The molecule has 1 N–H and O–H groups in total. The maximum Gasteiger partial charge on any atom is 0.183 e. The minimum atomic E-state index is 0.745. The molecule has 3 heteroatoms. The van der Waals surface area contributed by atoms with Crippen molar-refractivity contribution in [3.63, 3.8) is 0 Å². The second-order valence-corrected chi connectivity index (χ2v) is 2.74. The summed E-state index contributed by atoms with van der Waals surface area (Å²) in [5, 5.41) is 0. The van der Waals surface area contributed by atoms with E-state index in [4.69, 9.17) is 4.53 Å². The number of hydrogen-bond acceptors (Lipinski definition) is 2. The zero-order valence-electron chi connectivity index (χ0n) is 7.11. The molecule has 10 heavy (non-hydrogen) atoms. The molecule has 0 unspecified atom stereocenters. The van der Waals surface area contributed by atoms with Gasteiger partial charge in [-0.25, -0.2) is 0 Å². The third-order valence-electron chi connectivity index (χ3n) is 1.27. The minimum Gasteiger partial charge on any atom is -0.334 e. The Hall–Kier alpha value is -0.283.